The standard InChI is InChI=1S/C19H30N5O6P/c1-3-5-6-7-8-9-23(4-2)17-14-18(21-11-20-17)24(12-22-14)19-15(25)16-13(29-19)10-28-31(26,27)30-16/h11-13,15-16,19,25H,3-10H2,1-2H3,(H,26,27)/t13-,15-,16-,19-/m1/s1. The number of imidazole rings is 1. The van der Waals surface area contributed by atoms with Crippen molar-refractivity contribution in [3.05, 3.63) is 12.7 Å². The summed E-state index contributed by atoms with van der Waals surface area (Å²) in [7, 11) is -4.19. The Morgan fingerprint density at radius 1 is 1.23 bits per heavy atom. The molecule has 5 atom stereocenters. The fourth-order valence-electron chi connectivity index (χ4n) is 4.14. The van der Waals surface area contributed by atoms with Crippen molar-refractivity contribution in [1.82, 2.24) is 19.5 Å². The van der Waals surface area contributed by atoms with Crippen LogP contribution in [0.3, 0.4) is 0 Å². The first kappa shape index (κ1) is 22.6. The largest absolute Gasteiger partial charge is 0.472 e. The number of rotatable bonds is 9. The number of hydrogen-bond acceptors (Lipinski definition) is 9. The highest BCUT2D eigenvalue weighted by Gasteiger charge is 2.52. The first-order valence-corrected chi connectivity index (χ1v) is 12.4. The van der Waals surface area contributed by atoms with E-state index in [1.165, 1.54) is 32.0 Å². The van der Waals surface area contributed by atoms with E-state index < -0.39 is 32.4 Å². The first-order valence-electron chi connectivity index (χ1n) is 10.9. The molecular formula is C19H30N5O6P. The normalized spacial score (nSPS) is 30.6. The number of ether oxygens (including phenoxy) is 1. The van der Waals surface area contributed by atoms with Gasteiger partial charge in [0.15, 0.2) is 23.2 Å². The van der Waals surface area contributed by atoms with Crippen molar-refractivity contribution < 1.29 is 28.3 Å². The molecule has 2 saturated heterocycles. The van der Waals surface area contributed by atoms with Gasteiger partial charge in [-0.25, -0.2) is 19.5 Å². The summed E-state index contributed by atoms with van der Waals surface area (Å²) >= 11 is 0. The fourth-order valence-corrected chi connectivity index (χ4v) is 5.11. The lowest BCUT2D eigenvalue weighted by atomic mass is 10.1. The van der Waals surface area contributed by atoms with E-state index in [-0.39, 0.29) is 6.61 Å². The molecule has 1 unspecified atom stereocenters. The molecule has 4 rings (SSSR count). The minimum atomic E-state index is -4.19. The van der Waals surface area contributed by atoms with Gasteiger partial charge in [-0.05, 0) is 13.3 Å². The van der Waals surface area contributed by atoms with Gasteiger partial charge in [0.05, 0.1) is 12.9 Å². The molecule has 0 saturated carbocycles. The number of aromatic nitrogens is 4. The van der Waals surface area contributed by atoms with Gasteiger partial charge in [0.2, 0.25) is 0 Å². The molecular weight excluding hydrogens is 425 g/mol. The Balaban J connectivity index is 1.54. The molecule has 2 aromatic rings. The number of fused-ring (bicyclic) bond motifs is 2. The van der Waals surface area contributed by atoms with E-state index >= 15 is 0 Å². The van der Waals surface area contributed by atoms with Crippen molar-refractivity contribution in [1.29, 1.82) is 0 Å². The van der Waals surface area contributed by atoms with E-state index in [2.05, 4.69) is 33.7 Å². The summed E-state index contributed by atoms with van der Waals surface area (Å²) in [6.07, 6.45) is 5.29. The Kier molecular flexibility index (Phi) is 6.90. The predicted molar refractivity (Wildman–Crippen MR) is 113 cm³/mol. The molecule has 172 valence electrons. The van der Waals surface area contributed by atoms with Gasteiger partial charge in [0.1, 0.15) is 24.6 Å². The number of phosphoric ester groups is 1. The highest BCUT2D eigenvalue weighted by molar-refractivity contribution is 7.47. The smallest absolute Gasteiger partial charge is 0.386 e. The molecule has 12 heteroatoms. The van der Waals surface area contributed by atoms with Crippen LogP contribution in [0.4, 0.5) is 5.82 Å². The van der Waals surface area contributed by atoms with Gasteiger partial charge in [-0.2, -0.15) is 0 Å². The maximum Gasteiger partial charge on any atom is 0.472 e. The molecule has 2 aliphatic rings. The summed E-state index contributed by atoms with van der Waals surface area (Å²) in [5.41, 5.74) is 1.14. The van der Waals surface area contributed by atoms with E-state index in [1.54, 1.807) is 10.9 Å². The lowest BCUT2D eigenvalue weighted by Crippen LogP contribution is -2.39. The van der Waals surface area contributed by atoms with E-state index in [9.17, 15) is 14.6 Å². The topological polar surface area (TPSA) is 132 Å². The van der Waals surface area contributed by atoms with Gasteiger partial charge in [0.25, 0.3) is 0 Å². The summed E-state index contributed by atoms with van der Waals surface area (Å²) < 4.78 is 29.1. The zero-order valence-corrected chi connectivity index (χ0v) is 18.7. The van der Waals surface area contributed by atoms with Crippen LogP contribution in [-0.2, 0) is 18.3 Å². The first-order chi connectivity index (χ1) is 14.9. The summed E-state index contributed by atoms with van der Waals surface area (Å²) in [4.78, 5) is 25.1. The van der Waals surface area contributed by atoms with E-state index in [0.29, 0.717) is 11.2 Å². The van der Waals surface area contributed by atoms with Crippen LogP contribution < -0.4 is 4.90 Å². The molecule has 0 radical (unpaired) electrons. The Labute approximate surface area is 181 Å². The molecule has 0 aromatic carbocycles. The minimum absolute atomic E-state index is 0.138. The number of nitrogens with zero attached hydrogens (tertiary/aromatic N) is 5. The lowest BCUT2D eigenvalue weighted by Gasteiger charge is -2.27. The quantitative estimate of drug-likeness (QED) is 0.429. The van der Waals surface area contributed by atoms with Crippen LogP contribution in [0.1, 0.15) is 52.2 Å². The van der Waals surface area contributed by atoms with Crippen LogP contribution in [0.2, 0.25) is 0 Å². The SMILES string of the molecule is CCCCCCCN(CC)c1ncnc2c1ncn2[C@@H]1O[C@@H]2COP(=O)(O)O[C@H]2[C@H]1O. The molecule has 2 N–H and O–H groups in total. The van der Waals surface area contributed by atoms with Gasteiger partial charge in [-0.15, -0.1) is 0 Å². The molecule has 0 aliphatic carbocycles. The van der Waals surface area contributed by atoms with Crippen LogP contribution in [0, 0.1) is 0 Å². The van der Waals surface area contributed by atoms with Crippen molar-refractivity contribution in [3.8, 4) is 0 Å². The van der Waals surface area contributed by atoms with Crippen LogP contribution in [0.25, 0.3) is 11.2 Å². The molecule has 31 heavy (non-hydrogen) atoms. The molecule has 0 bridgehead atoms. The van der Waals surface area contributed by atoms with Crippen LogP contribution in [-0.4, -0.2) is 67.5 Å². The molecule has 11 nitrogen and oxygen atoms in total. The van der Waals surface area contributed by atoms with Crippen molar-refractivity contribution in [2.45, 2.75) is 70.5 Å². The molecule has 2 fully saturated rings. The zero-order valence-electron chi connectivity index (χ0n) is 17.8. The third kappa shape index (κ3) is 4.62. The van der Waals surface area contributed by atoms with E-state index in [4.69, 9.17) is 13.8 Å². The average molecular weight is 455 g/mol. The lowest BCUT2D eigenvalue weighted by molar-refractivity contribution is -0.0664. The number of phosphoric acid groups is 1. The van der Waals surface area contributed by atoms with E-state index in [0.717, 1.165) is 25.3 Å². The molecule has 2 aliphatic heterocycles. The maximum atomic E-state index is 11.7. The van der Waals surface area contributed by atoms with Gasteiger partial charge in [-0.3, -0.25) is 13.6 Å². The number of aliphatic hydroxyl groups excluding tert-OH is 1. The third-order valence-electron chi connectivity index (χ3n) is 5.79. The van der Waals surface area contributed by atoms with Crippen molar-refractivity contribution in [2.75, 3.05) is 24.6 Å². The Hall–Kier alpha value is -1.62. The van der Waals surface area contributed by atoms with Crippen LogP contribution in [0.5, 0.6) is 0 Å². The molecule has 0 spiro atoms. The second-order valence-corrected chi connectivity index (χ2v) is 9.31. The highest BCUT2D eigenvalue weighted by Crippen LogP contribution is 2.52. The third-order valence-corrected chi connectivity index (χ3v) is 6.78. The molecule has 0 amide bonds. The van der Waals surface area contributed by atoms with E-state index in [1.807, 2.05) is 0 Å². The van der Waals surface area contributed by atoms with Gasteiger partial charge in [0, 0.05) is 13.1 Å². The predicted octanol–water partition coefficient (Wildman–Crippen LogP) is 2.40. The van der Waals surface area contributed by atoms with Gasteiger partial charge >= 0.3 is 7.82 Å². The number of aliphatic hydroxyl groups is 1. The van der Waals surface area contributed by atoms with Crippen LogP contribution in [0.15, 0.2) is 12.7 Å². The van der Waals surface area contributed by atoms with Gasteiger partial charge in [-0.1, -0.05) is 32.6 Å². The number of hydrogen-bond donors (Lipinski definition) is 2. The zero-order chi connectivity index (χ0) is 22.0. The van der Waals surface area contributed by atoms with Crippen molar-refractivity contribution in [3.63, 3.8) is 0 Å². The monoisotopic (exact) mass is 455 g/mol. The molecule has 2 aromatic heterocycles. The van der Waals surface area contributed by atoms with Crippen molar-refractivity contribution in [2.24, 2.45) is 0 Å². The summed E-state index contributed by atoms with van der Waals surface area (Å²) in [6, 6.07) is 0. The highest BCUT2D eigenvalue weighted by atomic mass is 31.2. The van der Waals surface area contributed by atoms with Gasteiger partial charge < -0.3 is 19.6 Å². The average Bonchev–Trinajstić information content (AvgIpc) is 3.31. The maximum absolute atomic E-state index is 11.7. The van der Waals surface area contributed by atoms with Crippen molar-refractivity contribution >= 4 is 24.8 Å². The summed E-state index contributed by atoms with van der Waals surface area (Å²) in [5, 5.41) is 10.7. The minimum Gasteiger partial charge on any atom is -0.386 e. The second-order valence-electron chi connectivity index (χ2n) is 7.91. The second kappa shape index (κ2) is 9.48. The Morgan fingerprint density at radius 3 is 2.81 bits per heavy atom. The summed E-state index contributed by atoms with van der Waals surface area (Å²) in [5.74, 6) is 0.742. The number of anilines is 1. The number of unbranched alkanes of at least 4 members (excludes halogenated alkanes) is 4. The Bertz CT molecular complexity index is 942. The Morgan fingerprint density at radius 2 is 2.03 bits per heavy atom. The van der Waals surface area contributed by atoms with Crippen LogP contribution >= 0.6 is 7.82 Å². The molecule has 4 heterocycles. The fraction of sp³-hybridized carbons (Fsp3) is 0.737. The summed E-state index contributed by atoms with van der Waals surface area (Å²) in [6.45, 7) is 5.81.